The highest BCUT2D eigenvalue weighted by Crippen LogP contribution is 2.28. The summed E-state index contributed by atoms with van der Waals surface area (Å²) in [5.41, 5.74) is 1.78. The van der Waals surface area contributed by atoms with Gasteiger partial charge in [-0.05, 0) is 30.0 Å². The van der Waals surface area contributed by atoms with Crippen LogP contribution in [0.3, 0.4) is 0 Å². The largest absolute Gasteiger partial charge is 0.461 e. The van der Waals surface area contributed by atoms with E-state index >= 15 is 0 Å². The van der Waals surface area contributed by atoms with Gasteiger partial charge in [0.15, 0.2) is 0 Å². The van der Waals surface area contributed by atoms with Crippen LogP contribution in [-0.2, 0) is 20.9 Å². The van der Waals surface area contributed by atoms with E-state index in [9.17, 15) is 9.59 Å². The van der Waals surface area contributed by atoms with Gasteiger partial charge in [0.1, 0.15) is 6.61 Å². The van der Waals surface area contributed by atoms with Gasteiger partial charge in [-0.1, -0.05) is 36.4 Å². The number of carbonyl (C=O) groups excluding carboxylic acids is 2. The molecular formula is C19H19NO3S. The molecule has 0 bridgehead atoms. The fourth-order valence-electron chi connectivity index (χ4n) is 2.74. The second-order valence-electron chi connectivity index (χ2n) is 5.70. The molecule has 2 aromatic rings. The van der Waals surface area contributed by atoms with Crippen LogP contribution in [0.15, 0.2) is 59.5 Å². The minimum absolute atomic E-state index is 0.0325. The number of thioether (sulfide) groups is 1. The number of hydrogen-bond donors (Lipinski definition) is 0. The predicted octanol–water partition coefficient (Wildman–Crippen LogP) is 3.50. The lowest BCUT2D eigenvalue weighted by Gasteiger charge is -2.17. The molecule has 1 aliphatic heterocycles. The maximum absolute atomic E-state index is 12.3. The summed E-state index contributed by atoms with van der Waals surface area (Å²) in [4.78, 5) is 27.3. The number of ether oxygens (including phenoxy) is 1. The molecular weight excluding hydrogens is 322 g/mol. The van der Waals surface area contributed by atoms with Crippen LogP contribution in [0.1, 0.15) is 12.0 Å². The molecule has 1 aliphatic rings. The molecule has 0 radical (unpaired) electrons. The Labute approximate surface area is 145 Å². The Morgan fingerprint density at radius 3 is 2.75 bits per heavy atom. The molecule has 1 amide bonds. The van der Waals surface area contributed by atoms with Crippen LogP contribution in [0, 0.1) is 5.92 Å². The quantitative estimate of drug-likeness (QED) is 0.617. The van der Waals surface area contributed by atoms with E-state index in [2.05, 4.69) is 0 Å². The topological polar surface area (TPSA) is 46.6 Å². The smallest absolute Gasteiger partial charge is 0.311 e. The van der Waals surface area contributed by atoms with E-state index in [1.54, 1.807) is 16.7 Å². The van der Waals surface area contributed by atoms with Crippen LogP contribution in [0.5, 0.6) is 0 Å². The zero-order chi connectivity index (χ0) is 16.9. The summed E-state index contributed by atoms with van der Waals surface area (Å²) in [6.07, 6.45) is 2.20. The lowest BCUT2D eigenvalue weighted by Crippen LogP contribution is -2.26. The summed E-state index contributed by atoms with van der Waals surface area (Å²) < 4.78 is 5.37. The van der Waals surface area contributed by atoms with E-state index in [0.29, 0.717) is 6.54 Å². The highest BCUT2D eigenvalue weighted by atomic mass is 32.2. The van der Waals surface area contributed by atoms with Gasteiger partial charge >= 0.3 is 5.97 Å². The Balaban J connectivity index is 1.62. The number of benzene rings is 2. The molecule has 1 heterocycles. The lowest BCUT2D eigenvalue weighted by molar-refractivity contribution is -0.149. The van der Waals surface area contributed by atoms with Crippen LogP contribution >= 0.6 is 11.8 Å². The van der Waals surface area contributed by atoms with Gasteiger partial charge in [0, 0.05) is 23.5 Å². The Hall–Kier alpha value is -2.27. The zero-order valence-corrected chi connectivity index (χ0v) is 14.3. The van der Waals surface area contributed by atoms with E-state index in [4.69, 9.17) is 4.74 Å². The van der Waals surface area contributed by atoms with Crippen molar-refractivity contribution in [2.45, 2.75) is 17.9 Å². The molecule has 1 atom stereocenters. The van der Waals surface area contributed by atoms with Crippen molar-refractivity contribution in [2.24, 2.45) is 5.92 Å². The highest BCUT2D eigenvalue weighted by Gasteiger charge is 2.36. The fourth-order valence-corrected chi connectivity index (χ4v) is 3.19. The van der Waals surface area contributed by atoms with E-state index in [0.717, 1.165) is 16.1 Å². The summed E-state index contributed by atoms with van der Waals surface area (Å²) in [7, 11) is 0. The summed E-state index contributed by atoms with van der Waals surface area (Å²) >= 11 is 1.63. The Kier molecular flexibility index (Phi) is 5.20. The van der Waals surface area contributed by atoms with E-state index in [-0.39, 0.29) is 24.9 Å². The van der Waals surface area contributed by atoms with Crippen molar-refractivity contribution < 1.29 is 14.3 Å². The standard InChI is InChI=1S/C19H19NO3S/c1-24-17-9-5-8-16(11-17)20-12-15(10-18(20)21)19(22)23-13-14-6-3-2-4-7-14/h2-9,11,15H,10,12-13H2,1H3/t15-/m1/s1. The summed E-state index contributed by atoms with van der Waals surface area (Å²) in [6, 6.07) is 17.3. The molecule has 1 fully saturated rings. The molecule has 0 saturated carbocycles. The molecule has 0 aromatic heterocycles. The minimum atomic E-state index is -0.404. The van der Waals surface area contributed by atoms with Gasteiger partial charge < -0.3 is 9.64 Å². The van der Waals surface area contributed by atoms with Gasteiger partial charge in [0.2, 0.25) is 5.91 Å². The van der Waals surface area contributed by atoms with Gasteiger partial charge in [-0.3, -0.25) is 9.59 Å². The van der Waals surface area contributed by atoms with E-state index < -0.39 is 5.92 Å². The van der Waals surface area contributed by atoms with Gasteiger partial charge in [0.25, 0.3) is 0 Å². The third-order valence-corrected chi connectivity index (χ3v) is 4.77. The molecule has 0 unspecified atom stereocenters. The number of rotatable bonds is 5. The highest BCUT2D eigenvalue weighted by molar-refractivity contribution is 7.98. The summed E-state index contributed by atoms with van der Waals surface area (Å²) in [6.45, 7) is 0.622. The van der Waals surface area contributed by atoms with Crippen LogP contribution in [0.25, 0.3) is 0 Å². The van der Waals surface area contributed by atoms with Crippen LogP contribution in [0.4, 0.5) is 5.69 Å². The number of esters is 1. The molecule has 0 aliphatic carbocycles. The maximum atomic E-state index is 12.3. The van der Waals surface area contributed by atoms with Crippen molar-refractivity contribution in [3.8, 4) is 0 Å². The first-order valence-corrected chi connectivity index (χ1v) is 9.05. The molecule has 0 N–H and O–H groups in total. The second-order valence-corrected chi connectivity index (χ2v) is 6.58. The SMILES string of the molecule is CSc1cccc(N2C[C@H](C(=O)OCc3ccccc3)CC2=O)c1. The van der Waals surface area contributed by atoms with Crippen molar-refractivity contribution in [3.63, 3.8) is 0 Å². The first kappa shape index (κ1) is 16.6. The molecule has 124 valence electrons. The first-order chi connectivity index (χ1) is 11.7. The van der Waals surface area contributed by atoms with Gasteiger partial charge in [-0.15, -0.1) is 11.8 Å². The summed E-state index contributed by atoms with van der Waals surface area (Å²) in [5.74, 6) is -0.746. The number of carbonyl (C=O) groups is 2. The molecule has 2 aromatic carbocycles. The minimum Gasteiger partial charge on any atom is -0.461 e. The molecule has 24 heavy (non-hydrogen) atoms. The first-order valence-electron chi connectivity index (χ1n) is 7.82. The second kappa shape index (κ2) is 7.53. The van der Waals surface area contributed by atoms with Crippen LogP contribution in [0.2, 0.25) is 0 Å². The maximum Gasteiger partial charge on any atom is 0.311 e. The predicted molar refractivity (Wildman–Crippen MR) is 94.9 cm³/mol. The number of amides is 1. The monoisotopic (exact) mass is 341 g/mol. The Morgan fingerprint density at radius 1 is 1.21 bits per heavy atom. The molecule has 4 nitrogen and oxygen atoms in total. The molecule has 5 heteroatoms. The Morgan fingerprint density at radius 2 is 2.00 bits per heavy atom. The zero-order valence-electron chi connectivity index (χ0n) is 13.5. The van der Waals surface area contributed by atoms with Crippen molar-refractivity contribution in [2.75, 3.05) is 17.7 Å². The average molecular weight is 341 g/mol. The van der Waals surface area contributed by atoms with Crippen LogP contribution < -0.4 is 4.90 Å². The molecule has 0 spiro atoms. The van der Waals surface area contributed by atoms with E-state index in [1.165, 1.54) is 0 Å². The Bertz CT molecular complexity index is 732. The number of anilines is 1. The third kappa shape index (κ3) is 3.79. The van der Waals surface area contributed by atoms with Gasteiger partial charge in [-0.25, -0.2) is 0 Å². The molecule has 1 saturated heterocycles. The van der Waals surface area contributed by atoms with Crippen molar-refractivity contribution in [1.82, 2.24) is 0 Å². The normalized spacial score (nSPS) is 17.1. The third-order valence-electron chi connectivity index (χ3n) is 4.05. The van der Waals surface area contributed by atoms with E-state index in [1.807, 2.05) is 60.9 Å². The summed E-state index contributed by atoms with van der Waals surface area (Å²) in [5, 5.41) is 0. The van der Waals surface area contributed by atoms with Gasteiger partial charge in [-0.2, -0.15) is 0 Å². The fraction of sp³-hybridized carbons (Fsp3) is 0.263. The average Bonchev–Trinajstić information content (AvgIpc) is 3.02. The molecule has 3 rings (SSSR count). The lowest BCUT2D eigenvalue weighted by atomic mass is 10.1. The number of hydrogen-bond acceptors (Lipinski definition) is 4. The van der Waals surface area contributed by atoms with Crippen molar-refractivity contribution >= 4 is 29.3 Å². The van der Waals surface area contributed by atoms with Crippen molar-refractivity contribution in [1.29, 1.82) is 0 Å². The number of nitrogens with zero attached hydrogens (tertiary/aromatic N) is 1. The van der Waals surface area contributed by atoms with Crippen molar-refractivity contribution in [3.05, 3.63) is 60.2 Å². The van der Waals surface area contributed by atoms with Gasteiger partial charge in [0.05, 0.1) is 5.92 Å². The van der Waals surface area contributed by atoms with Crippen LogP contribution in [-0.4, -0.2) is 24.7 Å².